The molecule has 212 valence electrons. The topological polar surface area (TPSA) is 105 Å². The summed E-state index contributed by atoms with van der Waals surface area (Å²) in [5.41, 5.74) is 6.66. The highest BCUT2D eigenvalue weighted by molar-refractivity contribution is 6.00. The molecule has 2 aliphatic rings. The van der Waals surface area contributed by atoms with Crippen LogP contribution in [0.15, 0.2) is 55.0 Å². The average molecular weight is 555 g/mol. The molecule has 8 nitrogen and oxygen atoms in total. The van der Waals surface area contributed by atoms with Gasteiger partial charge >= 0.3 is 0 Å². The largest absolute Gasteiger partial charge is 0.341 e. The van der Waals surface area contributed by atoms with Crippen molar-refractivity contribution < 1.29 is 14.0 Å². The monoisotopic (exact) mass is 554 g/mol. The highest BCUT2D eigenvalue weighted by atomic mass is 19.1. The number of rotatable bonds is 8. The van der Waals surface area contributed by atoms with Crippen molar-refractivity contribution >= 4 is 17.5 Å². The summed E-state index contributed by atoms with van der Waals surface area (Å²) in [4.78, 5) is 31.2. The quantitative estimate of drug-likeness (QED) is 0.261. The van der Waals surface area contributed by atoms with Crippen LogP contribution in [0.4, 0.5) is 10.1 Å². The number of aromatic nitrogens is 4. The van der Waals surface area contributed by atoms with E-state index in [4.69, 9.17) is 0 Å². The Kier molecular flexibility index (Phi) is 6.76. The van der Waals surface area contributed by atoms with Gasteiger partial charge < -0.3 is 15.2 Å². The number of amides is 2. The highest BCUT2D eigenvalue weighted by Crippen LogP contribution is 2.42. The SMILES string of the molecule is Cc1n[nH]c(C)c1-c1ccc(NC(=O)C(NC(=O)C2(F)CC2)[C@@H]2CCc3ccc(-n4cnc(C(C)C)c4)cc32)cc1. The molecule has 6 rings (SSSR count). The lowest BCUT2D eigenvalue weighted by atomic mass is 9.91. The first-order valence-electron chi connectivity index (χ1n) is 14.2. The minimum Gasteiger partial charge on any atom is -0.341 e. The molecule has 2 atom stereocenters. The van der Waals surface area contributed by atoms with Gasteiger partial charge in [0.25, 0.3) is 5.91 Å². The number of fused-ring (bicyclic) bond motifs is 1. The second-order valence-electron chi connectivity index (χ2n) is 11.7. The van der Waals surface area contributed by atoms with E-state index >= 15 is 0 Å². The summed E-state index contributed by atoms with van der Waals surface area (Å²) >= 11 is 0. The third-order valence-corrected chi connectivity index (χ3v) is 8.38. The molecule has 1 unspecified atom stereocenters. The van der Waals surface area contributed by atoms with E-state index in [-0.39, 0.29) is 24.7 Å². The first-order chi connectivity index (χ1) is 19.6. The van der Waals surface area contributed by atoms with Crippen LogP contribution in [0.25, 0.3) is 16.8 Å². The van der Waals surface area contributed by atoms with Crippen LogP contribution in [0.1, 0.15) is 73.2 Å². The van der Waals surface area contributed by atoms with E-state index < -0.39 is 17.6 Å². The lowest BCUT2D eigenvalue weighted by Gasteiger charge is -2.26. The fourth-order valence-corrected chi connectivity index (χ4v) is 5.78. The summed E-state index contributed by atoms with van der Waals surface area (Å²) in [6.07, 6.45) is 5.63. The van der Waals surface area contributed by atoms with Crippen molar-refractivity contribution in [2.24, 2.45) is 0 Å². The van der Waals surface area contributed by atoms with Crippen LogP contribution in [0.3, 0.4) is 0 Å². The molecular formula is C32H35FN6O2. The van der Waals surface area contributed by atoms with Crippen LogP contribution in [0.2, 0.25) is 0 Å². The maximum atomic E-state index is 14.8. The Bertz CT molecular complexity index is 1600. The molecule has 41 heavy (non-hydrogen) atoms. The molecule has 2 aromatic heterocycles. The minimum atomic E-state index is -1.88. The molecule has 0 radical (unpaired) electrons. The van der Waals surface area contributed by atoms with Crippen molar-refractivity contribution in [1.82, 2.24) is 25.1 Å². The van der Waals surface area contributed by atoms with Gasteiger partial charge in [-0.05, 0) is 86.4 Å². The fourth-order valence-electron chi connectivity index (χ4n) is 5.78. The van der Waals surface area contributed by atoms with Crippen molar-refractivity contribution in [1.29, 1.82) is 0 Å². The summed E-state index contributed by atoms with van der Waals surface area (Å²) in [5.74, 6) is -1.06. The van der Waals surface area contributed by atoms with Crippen molar-refractivity contribution in [3.63, 3.8) is 0 Å². The number of nitrogens with one attached hydrogen (secondary N) is 3. The van der Waals surface area contributed by atoms with Crippen molar-refractivity contribution in [2.75, 3.05) is 5.32 Å². The molecule has 0 saturated heterocycles. The van der Waals surface area contributed by atoms with Crippen LogP contribution >= 0.6 is 0 Å². The molecule has 0 bridgehead atoms. The van der Waals surface area contributed by atoms with Crippen molar-refractivity contribution in [3.05, 3.63) is 83.2 Å². The lowest BCUT2D eigenvalue weighted by Crippen LogP contribution is -2.50. The zero-order chi connectivity index (χ0) is 28.9. The fraction of sp³-hybridized carbons (Fsp3) is 0.375. The summed E-state index contributed by atoms with van der Waals surface area (Å²) < 4.78 is 16.7. The van der Waals surface area contributed by atoms with Gasteiger partial charge in [-0.25, -0.2) is 9.37 Å². The maximum Gasteiger partial charge on any atom is 0.258 e. The average Bonchev–Trinajstić information content (AvgIpc) is 3.28. The van der Waals surface area contributed by atoms with Gasteiger partial charge in [-0.15, -0.1) is 0 Å². The Morgan fingerprint density at radius 2 is 1.88 bits per heavy atom. The van der Waals surface area contributed by atoms with Gasteiger partial charge in [0.05, 0.1) is 17.7 Å². The molecule has 3 N–H and O–H groups in total. The number of carbonyl (C=O) groups excluding carboxylic acids is 2. The van der Waals surface area contributed by atoms with E-state index in [1.165, 1.54) is 0 Å². The molecule has 2 heterocycles. The normalized spacial score (nSPS) is 17.8. The van der Waals surface area contributed by atoms with Crippen molar-refractivity contribution in [2.45, 2.75) is 76.9 Å². The highest BCUT2D eigenvalue weighted by Gasteiger charge is 2.52. The molecule has 0 spiro atoms. The number of aromatic amines is 1. The predicted molar refractivity (Wildman–Crippen MR) is 156 cm³/mol. The van der Waals surface area contributed by atoms with E-state index in [1.807, 2.05) is 54.9 Å². The van der Waals surface area contributed by atoms with E-state index in [0.29, 0.717) is 18.0 Å². The van der Waals surface area contributed by atoms with Crippen LogP contribution in [0, 0.1) is 13.8 Å². The number of halogens is 1. The molecule has 1 saturated carbocycles. The lowest BCUT2D eigenvalue weighted by molar-refractivity contribution is -0.131. The van der Waals surface area contributed by atoms with Gasteiger partial charge in [-0.3, -0.25) is 14.7 Å². The number of benzene rings is 2. The third kappa shape index (κ3) is 5.16. The number of hydrogen-bond acceptors (Lipinski definition) is 4. The molecule has 9 heteroatoms. The van der Waals surface area contributed by atoms with Crippen LogP contribution in [0.5, 0.6) is 0 Å². The number of aryl methyl sites for hydroxylation is 3. The molecule has 4 aromatic rings. The first-order valence-corrected chi connectivity index (χ1v) is 14.2. The summed E-state index contributed by atoms with van der Waals surface area (Å²) in [6.45, 7) is 8.11. The predicted octanol–water partition coefficient (Wildman–Crippen LogP) is 5.66. The number of H-pyrrole nitrogens is 1. The molecule has 0 aliphatic heterocycles. The second-order valence-corrected chi connectivity index (χ2v) is 11.7. The Labute approximate surface area is 238 Å². The number of hydrogen-bond donors (Lipinski definition) is 3. The number of anilines is 1. The standard InChI is InChI=1S/C32H35FN6O2/c1-18(2)27-16-39(17-34-27)24-11-7-21-8-12-25(26(21)15-24)29(36-31(41)32(33)13-14-32)30(40)35-23-9-5-22(6-10-23)28-19(3)37-38-20(28)4/h5-7,9-11,15-18,25,29H,8,12-14H2,1-4H3,(H,35,40)(H,36,41)(H,37,38)/t25-,29?/m1/s1. The number of alkyl halides is 1. The summed E-state index contributed by atoms with van der Waals surface area (Å²) in [6, 6.07) is 12.8. The third-order valence-electron chi connectivity index (χ3n) is 8.38. The number of imidazole rings is 1. The van der Waals surface area contributed by atoms with E-state index in [2.05, 4.69) is 51.8 Å². The Morgan fingerprint density at radius 3 is 2.51 bits per heavy atom. The summed E-state index contributed by atoms with van der Waals surface area (Å²) in [5, 5.41) is 13.0. The van der Waals surface area contributed by atoms with Crippen LogP contribution < -0.4 is 10.6 Å². The minimum absolute atomic E-state index is 0.186. The first kappa shape index (κ1) is 26.9. The van der Waals surface area contributed by atoms with Crippen molar-refractivity contribution in [3.8, 4) is 16.8 Å². The van der Waals surface area contributed by atoms with E-state index in [9.17, 15) is 14.0 Å². The van der Waals surface area contributed by atoms with Gasteiger partial charge in [0.1, 0.15) is 6.04 Å². The number of carbonyl (C=O) groups is 2. The Balaban J connectivity index is 1.27. The Hall–Kier alpha value is -4.27. The van der Waals surface area contributed by atoms with Gasteiger partial charge in [0.15, 0.2) is 5.67 Å². The summed E-state index contributed by atoms with van der Waals surface area (Å²) in [7, 11) is 0. The van der Waals surface area contributed by atoms with Gasteiger partial charge in [0, 0.05) is 34.7 Å². The molecule has 1 fully saturated rings. The Morgan fingerprint density at radius 1 is 1.12 bits per heavy atom. The zero-order valence-electron chi connectivity index (χ0n) is 23.8. The second kappa shape index (κ2) is 10.3. The number of nitrogens with zero attached hydrogens (tertiary/aromatic N) is 3. The van der Waals surface area contributed by atoms with E-state index in [0.717, 1.165) is 51.4 Å². The maximum absolute atomic E-state index is 14.8. The van der Waals surface area contributed by atoms with Gasteiger partial charge in [-0.1, -0.05) is 32.0 Å². The van der Waals surface area contributed by atoms with Gasteiger partial charge in [-0.2, -0.15) is 5.10 Å². The van der Waals surface area contributed by atoms with Crippen LogP contribution in [-0.4, -0.2) is 43.3 Å². The molecule has 2 aromatic carbocycles. The zero-order valence-corrected chi connectivity index (χ0v) is 23.8. The van der Waals surface area contributed by atoms with Gasteiger partial charge in [0.2, 0.25) is 5.91 Å². The smallest absolute Gasteiger partial charge is 0.258 e. The van der Waals surface area contributed by atoms with E-state index in [1.54, 1.807) is 6.33 Å². The molecular weight excluding hydrogens is 519 g/mol. The molecule has 2 amide bonds. The molecule has 2 aliphatic carbocycles. The van der Waals surface area contributed by atoms with Crippen LogP contribution in [-0.2, 0) is 16.0 Å².